The van der Waals surface area contributed by atoms with E-state index in [1.807, 2.05) is 0 Å². The Kier molecular flexibility index (Phi) is 17.7. The fraction of sp³-hybridized carbons (Fsp3) is 0.600. The number of aliphatic carboxylic acids is 1. The molecule has 6 atom stereocenters. The lowest BCUT2D eigenvalue weighted by molar-refractivity contribution is -0.310. The summed E-state index contributed by atoms with van der Waals surface area (Å²) in [6, 6.07) is 5.22. The molecule has 1 fully saturated rings. The van der Waals surface area contributed by atoms with Crippen molar-refractivity contribution in [2.24, 2.45) is 0 Å². The smallest absolute Gasteiger partial charge is 0.364 e. The van der Waals surface area contributed by atoms with Crippen LogP contribution in [0, 0.1) is 0 Å². The first-order chi connectivity index (χ1) is 25.6. The number of carbonyl (C=O) groups is 4. The van der Waals surface area contributed by atoms with Crippen molar-refractivity contribution in [2.45, 2.75) is 88.6 Å². The van der Waals surface area contributed by atoms with Crippen LogP contribution in [0.15, 0.2) is 33.9 Å². The van der Waals surface area contributed by atoms with Gasteiger partial charge in [-0.1, -0.05) is 36.6 Å². The van der Waals surface area contributed by atoms with Gasteiger partial charge in [0.1, 0.15) is 23.6 Å². The maximum Gasteiger partial charge on any atom is 0.364 e. The minimum atomic E-state index is -2.43. The van der Waals surface area contributed by atoms with Crippen molar-refractivity contribution in [3.8, 4) is 0 Å². The molecule has 0 radical (unpaired) electrons. The monoisotopic (exact) mass is 783 g/mol. The summed E-state index contributed by atoms with van der Waals surface area (Å²) in [5.74, 6) is -5.28. The molecule has 19 heteroatoms. The number of rotatable bonds is 24. The van der Waals surface area contributed by atoms with E-state index in [0.29, 0.717) is 56.0 Å². The van der Waals surface area contributed by atoms with E-state index >= 15 is 0 Å². The molecule has 1 heterocycles. The first kappa shape index (κ1) is 44.2. The Labute approximate surface area is 316 Å². The number of ether oxygens (including phenoxy) is 3. The molecule has 1 aliphatic rings. The topological polar surface area (TPSA) is 271 Å². The number of unbranched alkanes of at least 4 members (excludes halogenated alkanes) is 3. The van der Waals surface area contributed by atoms with E-state index < -0.39 is 77.9 Å². The highest BCUT2D eigenvalue weighted by molar-refractivity contribution is 6.30. The minimum Gasteiger partial charge on any atom is -0.477 e. The molecule has 0 unspecified atom stereocenters. The van der Waals surface area contributed by atoms with Crippen molar-refractivity contribution >= 4 is 46.7 Å². The number of aliphatic hydroxyl groups is 3. The summed E-state index contributed by atoms with van der Waals surface area (Å²) in [7, 11) is 0. The van der Waals surface area contributed by atoms with Crippen LogP contribution in [-0.2, 0) is 39.8 Å². The second kappa shape index (κ2) is 21.7. The predicted octanol–water partition coefficient (Wildman–Crippen LogP) is -0.994. The molecule has 1 aliphatic heterocycles. The third-order valence-corrected chi connectivity index (χ3v) is 8.82. The van der Waals surface area contributed by atoms with E-state index in [9.17, 15) is 49.2 Å². The molecule has 18 nitrogen and oxygen atoms in total. The summed E-state index contributed by atoms with van der Waals surface area (Å²) in [6.07, 6.45) is -5.24. The number of anilines is 2. The molecular formula is C35H50ClN5O13. The molecule has 0 saturated carbocycles. The number of hydrogen-bond acceptors (Lipinski definition) is 14. The van der Waals surface area contributed by atoms with Gasteiger partial charge in [-0.3, -0.25) is 24.0 Å². The van der Waals surface area contributed by atoms with E-state index in [0.717, 1.165) is 6.92 Å². The summed E-state index contributed by atoms with van der Waals surface area (Å²) in [6.45, 7) is 3.57. The van der Waals surface area contributed by atoms with Crippen LogP contribution in [0.25, 0.3) is 0 Å². The van der Waals surface area contributed by atoms with Crippen LogP contribution in [0.5, 0.6) is 0 Å². The molecule has 54 heavy (non-hydrogen) atoms. The molecule has 0 spiro atoms. The summed E-state index contributed by atoms with van der Waals surface area (Å²) in [4.78, 5) is 71.7. The lowest BCUT2D eigenvalue weighted by atomic mass is 9.88. The van der Waals surface area contributed by atoms with Crippen LogP contribution in [-0.4, -0.2) is 126 Å². The zero-order valence-corrected chi connectivity index (χ0v) is 31.0. The van der Waals surface area contributed by atoms with Crippen molar-refractivity contribution in [3.05, 3.63) is 55.3 Å². The van der Waals surface area contributed by atoms with Gasteiger partial charge in [0.05, 0.1) is 44.5 Å². The summed E-state index contributed by atoms with van der Waals surface area (Å²) in [5.41, 5.74) is -0.224. The van der Waals surface area contributed by atoms with Gasteiger partial charge in [-0.15, -0.1) is 0 Å². The molecule has 300 valence electrons. The number of aliphatic hydroxyl groups excluding tert-OH is 3. The largest absolute Gasteiger partial charge is 0.477 e. The van der Waals surface area contributed by atoms with Crippen LogP contribution in [0.2, 0.25) is 5.02 Å². The Morgan fingerprint density at radius 3 is 2.15 bits per heavy atom. The number of benzene rings is 1. The number of amides is 3. The maximum atomic E-state index is 12.5. The van der Waals surface area contributed by atoms with Gasteiger partial charge in [0.15, 0.2) is 0 Å². The van der Waals surface area contributed by atoms with Gasteiger partial charge in [0, 0.05) is 51.5 Å². The van der Waals surface area contributed by atoms with Gasteiger partial charge >= 0.3 is 5.97 Å². The molecule has 2 aromatic rings. The predicted molar refractivity (Wildman–Crippen MR) is 196 cm³/mol. The van der Waals surface area contributed by atoms with Gasteiger partial charge in [-0.2, -0.15) is 0 Å². The average molecular weight is 784 g/mol. The highest BCUT2D eigenvalue weighted by Crippen LogP contribution is 2.34. The van der Waals surface area contributed by atoms with Crippen LogP contribution in [0.3, 0.4) is 0 Å². The number of carbonyl (C=O) groups excluding carboxylic acids is 3. The second-order valence-corrected chi connectivity index (χ2v) is 13.4. The average Bonchev–Trinajstić information content (AvgIpc) is 3.12. The van der Waals surface area contributed by atoms with Gasteiger partial charge < -0.3 is 61.2 Å². The van der Waals surface area contributed by atoms with Crippen molar-refractivity contribution in [1.82, 2.24) is 16.0 Å². The quantitative estimate of drug-likeness (QED) is 0.0457. The molecule has 0 aromatic heterocycles. The van der Waals surface area contributed by atoms with E-state index in [1.54, 1.807) is 24.3 Å². The van der Waals surface area contributed by atoms with Crippen molar-refractivity contribution < 1.29 is 53.8 Å². The molecule has 3 rings (SSSR count). The Balaban J connectivity index is 1.46. The molecule has 2 aromatic carbocycles. The second-order valence-electron chi connectivity index (χ2n) is 12.9. The minimum absolute atomic E-state index is 0.0441. The fourth-order valence-electron chi connectivity index (χ4n) is 5.77. The summed E-state index contributed by atoms with van der Waals surface area (Å²) < 4.78 is 16.8. The third kappa shape index (κ3) is 13.3. The molecule has 1 saturated heterocycles. The number of hydrogen-bond donors (Lipinski definition) is 9. The summed E-state index contributed by atoms with van der Waals surface area (Å²) >= 11 is 5.87. The molecule has 3 amide bonds. The van der Waals surface area contributed by atoms with Crippen molar-refractivity contribution in [2.75, 3.05) is 56.6 Å². The highest BCUT2D eigenvalue weighted by Gasteiger charge is 2.55. The Morgan fingerprint density at radius 1 is 0.889 bits per heavy atom. The maximum absolute atomic E-state index is 12.5. The number of carboxylic acids is 1. The lowest BCUT2D eigenvalue weighted by Crippen LogP contribution is -2.68. The van der Waals surface area contributed by atoms with Gasteiger partial charge in [-0.25, -0.2) is 4.79 Å². The highest BCUT2D eigenvalue weighted by atomic mass is 35.5. The van der Waals surface area contributed by atoms with Crippen LogP contribution in [0.4, 0.5) is 11.4 Å². The van der Waals surface area contributed by atoms with Crippen LogP contribution in [0.1, 0.15) is 51.5 Å². The SMILES string of the molecule is CC(=O)NCCOCCNc1c(NCCCCCCO[C@]2(C(=O)O)C[C@H](O)[C@@H](NC(C)=O)[C@H]([C@H](O)[C@H](O)CNC(=O)Cc3ccc(Cl)cc3)O2)c(=O)c1=O. The zero-order valence-electron chi connectivity index (χ0n) is 30.2. The van der Waals surface area contributed by atoms with Crippen LogP contribution >= 0.6 is 11.6 Å². The van der Waals surface area contributed by atoms with Gasteiger partial charge in [0.2, 0.25) is 17.7 Å². The fourth-order valence-corrected chi connectivity index (χ4v) is 5.89. The lowest BCUT2D eigenvalue weighted by Gasteiger charge is -2.46. The third-order valence-electron chi connectivity index (χ3n) is 8.57. The van der Waals surface area contributed by atoms with E-state index in [1.165, 1.54) is 6.92 Å². The Morgan fingerprint density at radius 2 is 1.52 bits per heavy atom. The van der Waals surface area contributed by atoms with Crippen LogP contribution < -0.4 is 37.4 Å². The standard InChI is InChI=1S/C35H50ClN5O13/c1-20(42)37-12-15-52-16-13-39-29-28(31(48)32(29)49)38-11-5-3-4-6-14-53-35(34(50)51)18-24(44)27(41-21(2)43)33(54-35)30(47)25(45)19-40-26(46)17-22-7-9-23(36)10-8-22/h7-10,24-25,27,30,33,38-39,44-45,47H,3-6,11-19H2,1-2H3,(H,37,42)(H,40,46)(H,41,43)(H,50,51)/t24-,25+,27+,30+,33+,35+/m0/s1. The van der Waals surface area contributed by atoms with Crippen molar-refractivity contribution in [3.63, 3.8) is 0 Å². The zero-order chi connectivity index (χ0) is 39.8. The summed E-state index contributed by atoms with van der Waals surface area (Å²) in [5, 5.41) is 56.8. The molecule has 0 bridgehead atoms. The molecular weight excluding hydrogens is 734 g/mol. The first-order valence-electron chi connectivity index (χ1n) is 17.7. The number of halogens is 1. The molecule has 0 aliphatic carbocycles. The van der Waals surface area contributed by atoms with E-state index in [-0.39, 0.29) is 43.5 Å². The Bertz CT molecular complexity index is 1620. The Hall–Kier alpha value is -4.17. The normalized spacial score (nSPS) is 20.8. The molecule has 9 N–H and O–H groups in total. The van der Waals surface area contributed by atoms with Gasteiger partial charge in [-0.05, 0) is 30.5 Å². The number of carboxylic acid groups (broad SMARTS) is 1. The number of nitrogens with one attached hydrogen (secondary N) is 5. The van der Waals surface area contributed by atoms with Gasteiger partial charge in [0.25, 0.3) is 16.6 Å². The van der Waals surface area contributed by atoms with E-state index in [4.69, 9.17) is 25.8 Å². The first-order valence-corrected chi connectivity index (χ1v) is 18.0. The van der Waals surface area contributed by atoms with Crippen molar-refractivity contribution in [1.29, 1.82) is 0 Å². The van der Waals surface area contributed by atoms with E-state index in [2.05, 4.69) is 26.6 Å².